The monoisotopic (exact) mass is 285 g/mol. The van der Waals surface area contributed by atoms with E-state index in [0.29, 0.717) is 26.1 Å². The molecular formula is C15H31N3O2. The molecule has 0 heterocycles. The SMILES string of the molecule is COCCN(CCCN(C)C)C(=O)CC1(CN)CCC1. The fourth-order valence-corrected chi connectivity index (χ4v) is 2.70. The predicted octanol–water partition coefficient (Wildman–Crippen LogP) is 0.932. The molecule has 0 bridgehead atoms. The molecule has 20 heavy (non-hydrogen) atoms. The molecule has 0 spiro atoms. The highest BCUT2D eigenvalue weighted by Gasteiger charge is 2.38. The first-order chi connectivity index (χ1) is 9.53. The van der Waals surface area contributed by atoms with E-state index < -0.39 is 0 Å². The third-order valence-electron chi connectivity index (χ3n) is 4.32. The van der Waals surface area contributed by atoms with E-state index in [0.717, 1.165) is 32.4 Å². The highest BCUT2D eigenvalue weighted by molar-refractivity contribution is 5.77. The second-order valence-electron chi connectivity index (χ2n) is 6.26. The minimum absolute atomic E-state index is 0.0873. The van der Waals surface area contributed by atoms with Gasteiger partial charge < -0.3 is 20.3 Å². The zero-order valence-corrected chi connectivity index (χ0v) is 13.4. The smallest absolute Gasteiger partial charge is 0.223 e. The summed E-state index contributed by atoms with van der Waals surface area (Å²) in [5, 5.41) is 0. The Balaban J connectivity index is 2.45. The van der Waals surface area contributed by atoms with Crippen molar-refractivity contribution in [3.8, 4) is 0 Å². The Labute approximate surface area is 123 Å². The van der Waals surface area contributed by atoms with E-state index in [1.807, 2.05) is 4.90 Å². The highest BCUT2D eigenvalue weighted by atomic mass is 16.5. The Morgan fingerprint density at radius 3 is 2.40 bits per heavy atom. The van der Waals surface area contributed by atoms with Gasteiger partial charge in [-0.3, -0.25) is 4.79 Å². The van der Waals surface area contributed by atoms with Crippen molar-refractivity contribution in [3.05, 3.63) is 0 Å². The lowest BCUT2D eigenvalue weighted by Gasteiger charge is -2.41. The summed E-state index contributed by atoms with van der Waals surface area (Å²) < 4.78 is 5.12. The van der Waals surface area contributed by atoms with Gasteiger partial charge in [-0.25, -0.2) is 0 Å². The fraction of sp³-hybridized carbons (Fsp3) is 0.933. The maximum Gasteiger partial charge on any atom is 0.223 e. The van der Waals surface area contributed by atoms with Gasteiger partial charge in [-0.1, -0.05) is 6.42 Å². The van der Waals surface area contributed by atoms with Crippen molar-refractivity contribution in [2.45, 2.75) is 32.1 Å². The molecule has 0 atom stereocenters. The lowest BCUT2D eigenvalue weighted by Crippen LogP contribution is -2.44. The number of methoxy groups -OCH3 is 1. The van der Waals surface area contributed by atoms with E-state index >= 15 is 0 Å². The first kappa shape index (κ1) is 17.4. The van der Waals surface area contributed by atoms with Gasteiger partial charge in [0.15, 0.2) is 0 Å². The summed E-state index contributed by atoms with van der Waals surface area (Å²) in [5.41, 5.74) is 5.94. The van der Waals surface area contributed by atoms with Crippen molar-refractivity contribution in [1.82, 2.24) is 9.80 Å². The Hall–Kier alpha value is -0.650. The van der Waals surface area contributed by atoms with Crippen LogP contribution in [0, 0.1) is 5.41 Å². The van der Waals surface area contributed by atoms with Crippen molar-refractivity contribution >= 4 is 5.91 Å². The zero-order valence-electron chi connectivity index (χ0n) is 13.4. The van der Waals surface area contributed by atoms with Crippen LogP contribution in [0.2, 0.25) is 0 Å². The molecule has 1 aliphatic carbocycles. The van der Waals surface area contributed by atoms with Gasteiger partial charge in [0.2, 0.25) is 5.91 Å². The molecule has 0 saturated heterocycles. The van der Waals surface area contributed by atoms with Crippen LogP contribution in [0.25, 0.3) is 0 Å². The molecule has 118 valence electrons. The molecule has 1 saturated carbocycles. The van der Waals surface area contributed by atoms with Crippen LogP contribution in [0.3, 0.4) is 0 Å². The van der Waals surface area contributed by atoms with Crippen LogP contribution < -0.4 is 5.73 Å². The van der Waals surface area contributed by atoms with Gasteiger partial charge in [0.25, 0.3) is 0 Å². The van der Waals surface area contributed by atoms with E-state index in [1.54, 1.807) is 7.11 Å². The predicted molar refractivity (Wildman–Crippen MR) is 81.6 cm³/mol. The van der Waals surface area contributed by atoms with Crippen molar-refractivity contribution < 1.29 is 9.53 Å². The maximum atomic E-state index is 12.5. The van der Waals surface area contributed by atoms with Crippen molar-refractivity contribution in [1.29, 1.82) is 0 Å². The van der Waals surface area contributed by atoms with Crippen LogP contribution in [-0.2, 0) is 9.53 Å². The first-order valence-electron chi connectivity index (χ1n) is 7.64. The summed E-state index contributed by atoms with van der Waals surface area (Å²) in [6.07, 6.45) is 5.02. The number of amides is 1. The lowest BCUT2D eigenvalue weighted by atomic mass is 9.66. The topological polar surface area (TPSA) is 58.8 Å². The summed E-state index contributed by atoms with van der Waals surface area (Å²) in [4.78, 5) is 16.6. The summed E-state index contributed by atoms with van der Waals surface area (Å²) in [6.45, 7) is 3.72. The maximum absolute atomic E-state index is 12.5. The first-order valence-corrected chi connectivity index (χ1v) is 7.64. The molecule has 5 heteroatoms. The largest absolute Gasteiger partial charge is 0.383 e. The molecule has 0 aromatic rings. The second kappa shape index (κ2) is 8.60. The zero-order chi connectivity index (χ0) is 15.0. The number of carbonyl (C=O) groups is 1. The molecule has 1 aliphatic rings. The Bertz CT molecular complexity index is 285. The molecule has 1 rings (SSSR count). The van der Waals surface area contributed by atoms with Crippen LogP contribution in [0.5, 0.6) is 0 Å². The Morgan fingerprint density at radius 2 is 1.95 bits per heavy atom. The average molecular weight is 285 g/mol. The Morgan fingerprint density at radius 1 is 1.25 bits per heavy atom. The highest BCUT2D eigenvalue weighted by Crippen LogP contribution is 2.43. The molecule has 1 amide bonds. The number of hydrogen-bond donors (Lipinski definition) is 1. The Kier molecular flexibility index (Phi) is 7.48. The number of ether oxygens (including phenoxy) is 1. The van der Waals surface area contributed by atoms with Gasteiger partial charge in [-0.2, -0.15) is 0 Å². The molecular weight excluding hydrogens is 254 g/mol. The fourth-order valence-electron chi connectivity index (χ4n) is 2.70. The minimum Gasteiger partial charge on any atom is -0.383 e. The summed E-state index contributed by atoms with van der Waals surface area (Å²) in [5.74, 6) is 0.242. The standard InChI is InChI=1S/C15H31N3O2/c1-17(2)8-5-9-18(10-11-20-3)14(19)12-15(13-16)6-4-7-15/h4-13,16H2,1-3H3. The van der Waals surface area contributed by atoms with Crippen LogP contribution >= 0.6 is 0 Å². The van der Waals surface area contributed by atoms with E-state index in [4.69, 9.17) is 10.5 Å². The summed E-state index contributed by atoms with van der Waals surface area (Å²) >= 11 is 0. The van der Waals surface area contributed by atoms with E-state index in [1.165, 1.54) is 6.42 Å². The molecule has 0 aromatic heterocycles. The molecule has 1 fully saturated rings. The van der Waals surface area contributed by atoms with Crippen molar-refractivity contribution in [2.75, 3.05) is 54.0 Å². The number of carbonyl (C=O) groups excluding carboxylic acids is 1. The molecule has 0 aliphatic heterocycles. The van der Waals surface area contributed by atoms with Gasteiger partial charge >= 0.3 is 0 Å². The van der Waals surface area contributed by atoms with Crippen molar-refractivity contribution in [2.24, 2.45) is 11.1 Å². The molecule has 5 nitrogen and oxygen atoms in total. The van der Waals surface area contributed by atoms with Gasteiger partial charge in [0, 0.05) is 26.6 Å². The molecule has 0 unspecified atom stereocenters. The van der Waals surface area contributed by atoms with E-state index in [-0.39, 0.29) is 11.3 Å². The normalized spacial score (nSPS) is 17.1. The van der Waals surface area contributed by atoms with Crippen molar-refractivity contribution in [3.63, 3.8) is 0 Å². The summed E-state index contributed by atoms with van der Waals surface area (Å²) in [6, 6.07) is 0. The number of nitrogens with two attached hydrogens (primary N) is 1. The third-order valence-corrected chi connectivity index (χ3v) is 4.32. The van der Waals surface area contributed by atoms with Crippen LogP contribution in [0.4, 0.5) is 0 Å². The summed E-state index contributed by atoms with van der Waals surface area (Å²) in [7, 11) is 5.79. The van der Waals surface area contributed by atoms with E-state index in [9.17, 15) is 4.79 Å². The van der Waals surface area contributed by atoms with E-state index in [2.05, 4.69) is 19.0 Å². The van der Waals surface area contributed by atoms with Gasteiger partial charge in [0.1, 0.15) is 0 Å². The minimum atomic E-state index is 0.0873. The second-order valence-corrected chi connectivity index (χ2v) is 6.26. The van der Waals surface area contributed by atoms with Gasteiger partial charge in [-0.05, 0) is 51.9 Å². The number of hydrogen-bond acceptors (Lipinski definition) is 4. The quantitative estimate of drug-likeness (QED) is 0.649. The molecule has 2 N–H and O–H groups in total. The third kappa shape index (κ3) is 5.38. The number of nitrogens with zero attached hydrogens (tertiary/aromatic N) is 2. The van der Waals surface area contributed by atoms with Crippen LogP contribution in [0.1, 0.15) is 32.1 Å². The van der Waals surface area contributed by atoms with Crippen LogP contribution in [0.15, 0.2) is 0 Å². The average Bonchev–Trinajstić information content (AvgIpc) is 2.37. The lowest BCUT2D eigenvalue weighted by molar-refractivity contribution is -0.135. The van der Waals surface area contributed by atoms with Crippen LogP contribution in [-0.4, -0.2) is 69.7 Å². The molecule has 0 radical (unpaired) electrons. The molecule has 0 aromatic carbocycles. The van der Waals surface area contributed by atoms with Gasteiger partial charge in [0.05, 0.1) is 6.61 Å². The number of rotatable bonds is 10. The van der Waals surface area contributed by atoms with Gasteiger partial charge in [-0.15, -0.1) is 0 Å².